The summed E-state index contributed by atoms with van der Waals surface area (Å²) in [5.41, 5.74) is 9.14. The molecular weight excluding hydrogens is 697 g/mol. The summed E-state index contributed by atoms with van der Waals surface area (Å²) in [4.78, 5) is 17.6. The molecule has 0 spiro atoms. The number of imidazole rings is 2. The average molecular weight is 727 g/mol. The van der Waals surface area contributed by atoms with Crippen LogP contribution in [0.25, 0.3) is 56.2 Å². The van der Waals surface area contributed by atoms with Crippen molar-refractivity contribution in [2.45, 2.75) is 0 Å². The molecule has 0 amide bonds. The van der Waals surface area contributed by atoms with E-state index in [0.29, 0.717) is 34.4 Å². The number of fused-ring (bicyclic) bond motifs is 2. The van der Waals surface area contributed by atoms with Crippen molar-refractivity contribution in [2.24, 2.45) is 0 Å². The molecule has 0 radical (unpaired) electrons. The lowest BCUT2D eigenvalue weighted by Crippen LogP contribution is -2.29. The molecule has 266 valence electrons. The minimum atomic E-state index is 0.625. The Morgan fingerprint density at radius 3 is 1.30 bits per heavy atom. The minimum absolute atomic E-state index is 0.625. The van der Waals surface area contributed by atoms with Gasteiger partial charge in [0.15, 0.2) is 0 Å². The largest absolute Gasteiger partial charge is 0.458 e. The fraction of sp³-hybridized carbons (Fsp3) is 0. The summed E-state index contributed by atoms with van der Waals surface area (Å²) in [7, 11) is 0. The van der Waals surface area contributed by atoms with Crippen molar-refractivity contribution in [1.82, 2.24) is 29.1 Å². The van der Waals surface area contributed by atoms with Crippen molar-refractivity contribution in [2.75, 3.05) is 0 Å². The van der Waals surface area contributed by atoms with Crippen LogP contribution in [0, 0.1) is 12.7 Å². The molecule has 0 aliphatic heterocycles. The molecule has 0 aliphatic rings. The molecule has 10 heteroatoms. The maximum absolute atomic E-state index is 6.40. The van der Waals surface area contributed by atoms with Gasteiger partial charge < -0.3 is 9.47 Å². The SMILES string of the molecule is [c-]1n(-c2ccncc2)c2ccccc2[n+]1-c1cccc(Oc2ccnc(-c3cc(Oc4cccc(-[n+]5[c-]n(-c6ccncc6)c6ccccc65)c4)ccn3)c2)c1. The lowest BCUT2D eigenvalue weighted by Gasteiger charge is -2.11. The monoisotopic (exact) mass is 726 g/mol. The van der Waals surface area contributed by atoms with E-state index in [2.05, 4.69) is 56.9 Å². The summed E-state index contributed by atoms with van der Waals surface area (Å²) in [6.45, 7) is 0. The standard InChI is InChI=1S/C46H30N8O2/c1-3-13-45-43(11-1)51(33-15-21-47-22-16-33)31-53(45)35-7-5-9-37(27-35)55-39-19-25-49-41(29-39)42-30-40(20-26-50-42)56-38-10-6-8-36(28-38)54-32-52(34-17-23-48-24-18-34)44-12-2-4-14-46(44)54/h1-30H. The van der Waals surface area contributed by atoms with E-state index in [1.807, 2.05) is 140 Å². The van der Waals surface area contributed by atoms with E-state index in [0.717, 1.165) is 44.8 Å². The van der Waals surface area contributed by atoms with Gasteiger partial charge >= 0.3 is 0 Å². The molecule has 4 aromatic carbocycles. The first kappa shape index (κ1) is 32.7. The first-order valence-electron chi connectivity index (χ1n) is 17.9. The third-order valence-corrected chi connectivity index (χ3v) is 9.32. The van der Waals surface area contributed by atoms with Gasteiger partial charge in [0.05, 0.1) is 56.2 Å². The van der Waals surface area contributed by atoms with Gasteiger partial charge in [0.1, 0.15) is 23.0 Å². The molecule has 10 aromatic rings. The van der Waals surface area contributed by atoms with Crippen LogP contribution in [0.3, 0.4) is 0 Å². The van der Waals surface area contributed by atoms with Crippen LogP contribution in [0.1, 0.15) is 0 Å². The lowest BCUT2D eigenvalue weighted by atomic mass is 10.2. The summed E-state index contributed by atoms with van der Waals surface area (Å²) in [6, 6.07) is 47.5. The van der Waals surface area contributed by atoms with Crippen LogP contribution < -0.4 is 18.6 Å². The number of benzene rings is 4. The van der Waals surface area contributed by atoms with Crippen LogP contribution in [0.4, 0.5) is 0 Å². The van der Waals surface area contributed by atoms with Gasteiger partial charge in [-0.25, -0.2) is 0 Å². The number of aromatic nitrogens is 8. The number of pyridine rings is 4. The maximum Gasteiger partial charge on any atom is 0.269 e. The highest BCUT2D eigenvalue weighted by Gasteiger charge is 2.15. The van der Waals surface area contributed by atoms with Crippen molar-refractivity contribution >= 4 is 22.1 Å². The Morgan fingerprint density at radius 1 is 0.411 bits per heavy atom. The summed E-state index contributed by atoms with van der Waals surface area (Å²) in [5, 5.41) is 0. The number of nitrogens with zero attached hydrogens (tertiary/aromatic N) is 8. The van der Waals surface area contributed by atoms with Crippen molar-refractivity contribution in [1.29, 1.82) is 0 Å². The van der Waals surface area contributed by atoms with E-state index in [4.69, 9.17) is 9.47 Å². The molecule has 6 aromatic heterocycles. The highest BCUT2D eigenvalue weighted by molar-refractivity contribution is 5.75. The number of rotatable bonds is 9. The van der Waals surface area contributed by atoms with Crippen molar-refractivity contribution in [3.63, 3.8) is 0 Å². The Balaban J connectivity index is 0.901. The number of ether oxygens (including phenoxy) is 2. The van der Waals surface area contributed by atoms with E-state index in [1.165, 1.54) is 0 Å². The van der Waals surface area contributed by atoms with Crippen LogP contribution in [-0.2, 0) is 0 Å². The zero-order chi connectivity index (χ0) is 37.3. The molecule has 0 saturated carbocycles. The normalized spacial score (nSPS) is 11.2. The fourth-order valence-corrected chi connectivity index (χ4v) is 6.75. The quantitative estimate of drug-likeness (QED) is 0.109. The summed E-state index contributed by atoms with van der Waals surface area (Å²) >= 11 is 0. The van der Waals surface area contributed by atoms with Gasteiger partial charge in [-0.15, -0.1) is 0 Å². The van der Waals surface area contributed by atoms with Crippen molar-refractivity contribution in [3.05, 3.63) is 195 Å². The molecule has 0 fully saturated rings. The van der Waals surface area contributed by atoms with Crippen LogP contribution in [0.5, 0.6) is 23.0 Å². The topological polar surface area (TPSA) is 87.6 Å². The Morgan fingerprint density at radius 2 is 0.839 bits per heavy atom. The van der Waals surface area contributed by atoms with Gasteiger partial charge in [-0.05, 0) is 72.8 Å². The van der Waals surface area contributed by atoms with Crippen molar-refractivity contribution < 1.29 is 18.6 Å². The van der Waals surface area contributed by atoms with Gasteiger partial charge in [-0.2, -0.15) is 0 Å². The van der Waals surface area contributed by atoms with E-state index in [1.54, 1.807) is 37.2 Å². The molecule has 0 aliphatic carbocycles. The zero-order valence-electron chi connectivity index (χ0n) is 29.7. The van der Waals surface area contributed by atoms with Gasteiger partial charge in [0.25, 0.3) is 12.7 Å². The molecular formula is C46H30N8O2. The third kappa shape index (κ3) is 6.26. The average Bonchev–Trinajstić information content (AvgIpc) is 3.85. The molecule has 10 rings (SSSR count). The van der Waals surface area contributed by atoms with E-state index in [9.17, 15) is 0 Å². The molecule has 6 heterocycles. The van der Waals surface area contributed by atoms with E-state index in [-0.39, 0.29) is 0 Å². The number of hydrogen-bond donors (Lipinski definition) is 0. The Kier molecular flexibility index (Phi) is 8.23. The van der Waals surface area contributed by atoms with E-state index < -0.39 is 0 Å². The summed E-state index contributed by atoms with van der Waals surface area (Å²) in [6.07, 6.45) is 17.6. The van der Waals surface area contributed by atoms with Crippen molar-refractivity contribution in [3.8, 4) is 57.1 Å². The molecule has 0 saturated heterocycles. The van der Waals surface area contributed by atoms with Crippen LogP contribution in [-0.4, -0.2) is 29.1 Å². The molecule has 0 atom stereocenters. The lowest BCUT2D eigenvalue weighted by molar-refractivity contribution is -0.572. The van der Waals surface area contributed by atoms with Crippen LogP contribution in [0.15, 0.2) is 183 Å². The predicted molar refractivity (Wildman–Crippen MR) is 210 cm³/mol. The summed E-state index contributed by atoms with van der Waals surface area (Å²) < 4.78 is 20.9. The third-order valence-electron chi connectivity index (χ3n) is 9.32. The zero-order valence-corrected chi connectivity index (χ0v) is 29.7. The van der Waals surface area contributed by atoms with Gasteiger partial charge in [-0.3, -0.25) is 38.2 Å². The molecule has 10 nitrogen and oxygen atoms in total. The molecule has 56 heavy (non-hydrogen) atoms. The number of para-hydroxylation sites is 4. The second-order valence-corrected chi connectivity index (χ2v) is 12.9. The maximum atomic E-state index is 6.40. The Bertz CT molecular complexity index is 2790. The molecule has 0 unspecified atom stereocenters. The molecule has 0 bridgehead atoms. The number of hydrogen-bond acceptors (Lipinski definition) is 6. The smallest absolute Gasteiger partial charge is 0.269 e. The highest BCUT2D eigenvalue weighted by Crippen LogP contribution is 2.30. The second kappa shape index (κ2) is 14.1. The summed E-state index contributed by atoms with van der Waals surface area (Å²) in [5.74, 6) is 2.59. The minimum Gasteiger partial charge on any atom is -0.458 e. The van der Waals surface area contributed by atoms with Gasteiger partial charge in [-0.1, -0.05) is 60.7 Å². The van der Waals surface area contributed by atoms with Gasteiger partial charge in [0.2, 0.25) is 0 Å². The first-order chi connectivity index (χ1) is 27.7. The van der Waals surface area contributed by atoms with Gasteiger partial charge in [0, 0.05) is 49.3 Å². The first-order valence-corrected chi connectivity index (χ1v) is 17.9. The Labute approximate surface area is 321 Å². The van der Waals surface area contributed by atoms with E-state index >= 15 is 0 Å². The molecule has 0 N–H and O–H groups in total. The Hall–Kier alpha value is -7.98. The highest BCUT2D eigenvalue weighted by atomic mass is 16.5. The fourth-order valence-electron chi connectivity index (χ4n) is 6.75. The predicted octanol–water partition coefficient (Wildman–Crippen LogP) is 8.56. The second-order valence-electron chi connectivity index (χ2n) is 12.9. The van der Waals surface area contributed by atoms with Crippen LogP contribution >= 0.6 is 0 Å². The van der Waals surface area contributed by atoms with Crippen LogP contribution in [0.2, 0.25) is 0 Å².